The second-order valence-corrected chi connectivity index (χ2v) is 4.78. The quantitative estimate of drug-likeness (QED) is 0.767. The summed E-state index contributed by atoms with van der Waals surface area (Å²) in [7, 11) is 1.60. The Morgan fingerprint density at radius 3 is 2.94 bits per heavy atom. The lowest BCUT2D eigenvalue weighted by atomic mass is 10.2. The van der Waals surface area contributed by atoms with Crippen molar-refractivity contribution in [2.24, 2.45) is 0 Å². The highest BCUT2D eigenvalue weighted by Gasteiger charge is 2.11. The Morgan fingerprint density at radius 1 is 1.28 bits per heavy atom. The summed E-state index contributed by atoms with van der Waals surface area (Å²) in [5, 5.41) is 10.7. The zero-order valence-corrected chi connectivity index (χ0v) is 10.4. The first-order chi connectivity index (χ1) is 8.78. The number of benzene rings is 1. The average Bonchev–Trinajstić information content (AvgIpc) is 2.82. The van der Waals surface area contributed by atoms with Crippen molar-refractivity contribution in [1.82, 2.24) is 9.97 Å². The first-order valence-electron chi connectivity index (χ1n) is 5.36. The molecule has 0 saturated carbocycles. The van der Waals surface area contributed by atoms with Crippen LogP contribution < -0.4 is 4.74 Å². The SMILES string of the molecule is COc1ccc(O)c(-c2nc3cnccc3s2)c1. The number of phenols is 1. The molecule has 0 aliphatic heterocycles. The molecule has 3 aromatic rings. The minimum atomic E-state index is 0.197. The largest absolute Gasteiger partial charge is 0.507 e. The van der Waals surface area contributed by atoms with Crippen molar-refractivity contribution in [3.05, 3.63) is 36.7 Å². The summed E-state index contributed by atoms with van der Waals surface area (Å²) in [6.45, 7) is 0. The normalized spacial score (nSPS) is 10.7. The van der Waals surface area contributed by atoms with Gasteiger partial charge in [0.05, 0.1) is 23.6 Å². The summed E-state index contributed by atoms with van der Waals surface area (Å²) in [5.74, 6) is 0.892. The van der Waals surface area contributed by atoms with Crippen molar-refractivity contribution in [3.63, 3.8) is 0 Å². The van der Waals surface area contributed by atoms with Crippen molar-refractivity contribution >= 4 is 21.6 Å². The van der Waals surface area contributed by atoms with E-state index < -0.39 is 0 Å². The third-order valence-corrected chi connectivity index (χ3v) is 3.69. The molecule has 0 fully saturated rings. The summed E-state index contributed by atoms with van der Waals surface area (Å²) in [6, 6.07) is 7.01. The number of fused-ring (bicyclic) bond motifs is 1. The number of methoxy groups -OCH3 is 1. The number of aromatic nitrogens is 2. The predicted molar refractivity (Wildman–Crippen MR) is 71.1 cm³/mol. The summed E-state index contributed by atoms with van der Waals surface area (Å²) < 4.78 is 6.20. The van der Waals surface area contributed by atoms with Crippen LogP contribution in [0, 0.1) is 0 Å². The number of pyridine rings is 1. The van der Waals surface area contributed by atoms with Gasteiger partial charge in [-0.15, -0.1) is 11.3 Å². The van der Waals surface area contributed by atoms with Crippen LogP contribution >= 0.6 is 11.3 Å². The molecular formula is C13H10N2O2S. The molecule has 0 saturated heterocycles. The van der Waals surface area contributed by atoms with Gasteiger partial charge >= 0.3 is 0 Å². The molecule has 2 heterocycles. The number of hydrogen-bond donors (Lipinski definition) is 1. The van der Waals surface area contributed by atoms with Crippen molar-refractivity contribution in [2.75, 3.05) is 7.11 Å². The molecule has 1 N–H and O–H groups in total. The van der Waals surface area contributed by atoms with Gasteiger partial charge in [-0.2, -0.15) is 0 Å². The number of thiazole rings is 1. The molecule has 0 bridgehead atoms. The fourth-order valence-corrected chi connectivity index (χ4v) is 2.67. The summed E-state index contributed by atoms with van der Waals surface area (Å²) >= 11 is 1.52. The Balaban J connectivity index is 2.19. The molecule has 0 spiro atoms. The van der Waals surface area contributed by atoms with Gasteiger partial charge in [0.1, 0.15) is 22.0 Å². The van der Waals surface area contributed by atoms with Gasteiger partial charge in [-0.05, 0) is 24.3 Å². The van der Waals surface area contributed by atoms with Crippen LogP contribution in [0.15, 0.2) is 36.7 Å². The summed E-state index contributed by atoms with van der Waals surface area (Å²) in [5.41, 5.74) is 1.51. The van der Waals surface area contributed by atoms with Crippen LogP contribution in [0.3, 0.4) is 0 Å². The van der Waals surface area contributed by atoms with Crippen LogP contribution in [-0.4, -0.2) is 22.2 Å². The average molecular weight is 258 g/mol. The van der Waals surface area contributed by atoms with E-state index in [-0.39, 0.29) is 5.75 Å². The Morgan fingerprint density at radius 2 is 2.17 bits per heavy atom. The Labute approximate surface area is 108 Å². The summed E-state index contributed by atoms with van der Waals surface area (Å²) in [6.07, 6.45) is 3.45. The van der Waals surface area contributed by atoms with E-state index in [9.17, 15) is 5.11 Å². The topological polar surface area (TPSA) is 55.2 Å². The zero-order chi connectivity index (χ0) is 12.5. The zero-order valence-electron chi connectivity index (χ0n) is 9.62. The fraction of sp³-hybridized carbons (Fsp3) is 0.0769. The third kappa shape index (κ3) is 1.78. The maximum absolute atomic E-state index is 9.90. The first kappa shape index (κ1) is 11.0. The van der Waals surface area contributed by atoms with E-state index in [0.29, 0.717) is 11.3 Å². The predicted octanol–water partition coefficient (Wildman–Crippen LogP) is 3.07. The van der Waals surface area contributed by atoms with E-state index in [0.717, 1.165) is 15.2 Å². The van der Waals surface area contributed by atoms with Gasteiger partial charge in [0, 0.05) is 6.20 Å². The van der Waals surface area contributed by atoms with Crippen LogP contribution in [0.4, 0.5) is 0 Å². The highest BCUT2D eigenvalue weighted by Crippen LogP contribution is 2.36. The lowest BCUT2D eigenvalue weighted by Crippen LogP contribution is -1.84. The molecule has 2 aromatic heterocycles. The highest BCUT2D eigenvalue weighted by molar-refractivity contribution is 7.21. The van der Waals surface area contributed by atoms with Crippen LogP contribution in [0.25, 0.3) is 20.8 Å². The molecule has 4 nitrogen and oxygen atoms in total. The highest BCUT2D eigenvalue weighted by atomic mass is 32.1. The van der Waals surface area contributed by atoms with Crippen molar-refractivity contribution in [1.29, 1.82) is 0 Å². The molecule has 0 unspecified atom stereocenters. The lowest BCUT2D eigenvalue weighted by Gasteiger charge is -2.04. The van der Waals surface area contributed by atoms with Gasteiger partial charge in [0.25, 0.3) is 0 Å². The van der Waals surface area contributed by atoms with E-state index in [1.54, 1.807) is 37.7 Å². The van der Waals surface area contributed by atoms with Gasteiger partial charge < -0.3 is 9.84 Å². The smallest absolute Gasteiger partial charge is 0.128 e. The van der Waals surface area contributed by atoms with Crippen LogP contribution in [0.5, 0.6) is 11.5 Å². The molecule has 3 rings (SSSR count). The second kappa shape index (κ2) is 4.27. The fourth-order valence-electron chi connectivity index (χ4n) is 1.71. The molecule has 18 heavy (non-hydrogen) atoms. The van der Waals surface area contributed by atoms with Crippen molar-refractivity contribution in [2.45, 2.75) is 0 Å². The van der Waals surface area contributed by atoms with Crippen LogP contribution in [0.2, 0.25) is 0 Å². The number of phenolic OH excluding ortho intramolecular Hbond substituents is 1. The van der Waals surface area contributed by atoms with Gasteiger partial charge in [-0.25, -0.2) is 4.98 Å². The molecule has 0 amide bonds. The molecule has 0 aliphatic carbocycles. The summed E-state index contributed by atoms with van der Waals surface area (Å²) in [4.78, 5) is 8.49. The van der Waals surface area contributed by atoms with Gasteiger partial charge in [0.15, 0.2) is 0 Å². The van der Waals surface area contributed by atoms with Crippen LogP contribution in [-0.2, 0) is 0 Å². The third-order valence-electron chi connectivity index (χ3n) is 2.62. The van der Waals surface area contributed by atoms with Gasteiger partial charge in [0.2, 0.25) is 0 Å². The Kier molecular flexibility index (Phi) is 2.60. The maximum Gasteiger partial charge on any atom is 0.128 e. The van der Waals surface area contributed by atoms with E-state index in [1.807, 2.05) is 6.07 Å². The van der Waals surface area contributed by atoms with E-state index in [1.165, 1.54) is 11.3 Å². The number of rotatable bonds is 2. The maximum atomic E-state index is 9.90. The van der Waals surface area contributed by atoms with Crippen molar-refractivity contribution in [3.8, 4) is 22.1 Å². The number of hydrogen-bond acceptors (Lipinski definition) is 5. The van der Waals surface area contributed by atoms with Crippen molar-refractivity contribution < 1.29 is 9.84 Å². The second-order valence-electron chi connectivity index (χ2n) is 3.75. The molecule has 90 valence electrons. The molecule has 0 atom stereocenters. The number of ether oxygens (including phenoxy) is 1. The Hall–Kier alpha value is -2.14. The Bertz CT molecular complexity index is 676. The molecule has 0 radical (unpaired) electrons. The first-order valence-corrected chi connectivity index (χ1v) is 6.17. The lowest BCUT2D eigenvalue weighted by molar-refractivity contribution is 0.412. The standard InChI is InChI=1S/C13H10N2O2S/c1-17-8-2-3-11(16)9(6-8)13-15-10-7-14-5-4-12(10)18-13/h2-7,16H,1H3. The van der Waals surface area contributed by atoms with Gasteiger partial charge in [-0.3, -0.25) is 4.98 Å². The number of aromatic hydroxyl groups is 1. The monoisotopic (exact) mass is 258 g/mol. The van der Waals surface area contributed by atoms with E-state index in [2.05, 4.69) is 9.97 Å². The van der Waals surface area contributed by atoms with E-state index in [4.69, 9.17) is 4.74 Å². The van der Waals surface area contributed by atoms with Crippen LogP contribution in [0.1, 0.15) is 0 Å². The minimum Gasteiger partial charge on any atom is -0.507 e. The molecule has 0 aliphatic rings. The minimum absolute atomic E-state index is 0.197. The van der Waals surface area contributed by atoms with Gasteiger partial charge in [-0.1, -0.05) is 0 Å². The molecule has 1 aromatic carbocycles. The molecule has 5 heteroatoms. The van der Waals surface area contributed by atoms with E-state index >= 15 is 0 Å². The molecular weight excluding hydrogens is 248 g/mol. The number of nitrogens with zero attached hydrogens (tertiary/aromatic N) is 2.